The molecule has 0 aliphatic rings. The second-order valence-electron chi connectivity index (χ2n) is 3.25. The van der Waals surface area contributed by atoms with Crippen LogP contribution in [0.3, 0.4) is 0 Å². The summed E-state index contributed by atoms with van der Waals surface area (Å²) in [6.45, 7) is 0. The van der Waals surface area contributed by atoms with E-state index in [1.807, 2.05) is 0 Å². The Hall–Kier alpha value is -2.58. The van der Waals surface area contributed by atoms with E-state index in [2.05, 4.69) is 0 Å². The molecule has 16 heteroatoms. The third kappa shape index (κ3) is 5.90. The van der Waals surface area contributed by atoms with Gasteiger partial charge in [-0.25, -0.2) is 28.8 Å². The van der Waals surface area contributed by atoms with Crippen molar-refractivity contribution in [3.63, 3.8) is 0 Å². The van der Waals surface area contributed by atoms with Crippen molar-refractivity contribution in [1.29, 1.82) is 0 Å². The zero-order chi connectivity index (χ0) is 20.5. The zero-order valence-corrected chi connectivity index (χ0v) is 13.4. The summed E-state index contributed by atoms with van der Waals surface area (Å²) in [5.41, 5.74) is -7.50. The van der Waals surface area contributed by atoms with E-state index in [4.69, 9.17) is 43.7 Å². The van der Waals surface area contributed by atoms with Crippen LogP contribution in [0.4, 0.5) is 0 Å². The van der Waals surface area contributed by atoms with Gasteiger partial charge >= 0.3 is 74.6 Å². The summed E-state index contributed by atoms with van der Waals surface area (Å²) in [6, 6.07) is 0. The van der Waals surface area contributed by atoms with E-state index < -0.39 is 47.0 Å². The van der Waals surface area contributed by atoms with E-state index in [1.54, 1.807) is 0 Å². The van der Waals surface area contributed by atoms with Gasteiger partial charge in [0.05, 0.1) is 0 Å². The fraction of sp³-hybridized carbons (Fsp3) is 0.250. The summed E-state index contributed by atoms with van der Waals surface area (Å²) in [6.07, 6.45) is 0. The maximum atomic E-state index is 9.89. The van der Waals surface area contributed by atoms with Gasteiger partial charge in [-0.3, -0.25) is 0 Å². The van der Waals surface area contributed by atoms with Crippen LogP contribution in [0.2, 0.25) is 0 Å². The van der Waals surface area contributed by atoms with Crippen molar-refractivity contribution in [3.8, 4) is 0 Å². The van der Waals surface area contributed by atoms with Crippen molar-refractivity contribution < 1.29 is 97.2 Å². The Labute approximate surface area is 144 Å². The number of hydrogen-bond donors (Lipinski definition) is 8. The fourth-order valence-corrected chi connectivity index (χ4v) is 0.549. The Morgan fingerprint density at radius 1 is 0.458 bits per heavy atom. The summed E-state index contributed by atoms with van der Waals surface area (Å²) >= 11 is 0.300. The van der Waals surface area contributed by atoms with Gasteiger partial charge in [-0.05, 0) is 0 Å². The minimum absolute atomic E-state index is 0.300. The van der Waals surface area contributed by atoms with E-state index >= 15 is 0 Å². The van der Waals surface area contributed by atoms with E-state index in [-0.39, 0.29) is 0 Å². The SMILES string of the molecule is O=C(O)C(O)(C(=O)O)C(=O)O.O=C(O)C(O)(C(=O)O)C(=O)O.[O]=[Zr]. The number of hydrogen-bond acceptors (Lipinski definition) is 9. The van der Waals surface area contributed by atoms with Crippen molar-refractivity contribution in [1.82, 2.24) is 0 Å². The molecule has 0 heterocycles. The Bertz CT molecular complexity index is 430. The normalized spacial score (nSPS) is 9.88. The van der Waals surface area contributed by atoms with Crippen molar-refractivity contribution >= 4 is 35.8 Å². The molecule has 0 spiro atoms. The number of carbonyl (C=O) groups is 6. The zero-order valence-electron chi connectivity index (χ0n) is 10.9. The van der Waals surface area contributed by atoms with Gasteiger partial charge in [-0.2, -0.15) is 0 Å². The molecular formula is C8H8O15Zr. The van der Waals surface area contributed by atoms with Gasteiger partial charge in [0.25, 0.3) is 0 Å². The first kappa shape index (κ1) is 26.3. The van der Waals surface area contributed by atoms with Crippen LogP contribution < -0.4 is 0 Å². The average molecular weight is 435 g/mol. The van der Waals surface area contributed by atoms with Crippen LogP contribution in [-0.4, -0.2) is 87.9 Å². The predicted octanol–water partition coefficient (Wildman–Crippen LogP) is -4.18. The fourth-order valence-electron chi connectivity index (χ4n) is 0.549. The Balaban J connectivity index is -0.000000333. The molecule has 0 aromatic rings. The van der Waals surface area contributed by atoms with Crippen molar-refractivity contribution in [2.75, 3.05) is 0 Å². The maximum absolute atomic E-state index is 9.89. The van der Waals surface area contributed by atoms with Gasteiger partial charge < -0.3 is 40.9 Å². The molecule has 0 bridgehead atoms. The van der Waals surface area contributed by atoms with Crippen LogP contribution in [0.15, 0.2) is 0 Å². The molecule has 0 amide bonds. The molecule has 0 aliphatic heterocycles. The average Bonchev–Trinajstić information content (AvgIpc) is 2.46. The third-order valence-electron chi connectivity index (χ3n) is 1.86. The number of aliphatic carboxylic acids is 6. The number of carboxylic acids is 6. The van der Waals surface area contributed by atoms with Crippen molar-refractivity contribution in [3.05, 3.63) is 0 Å². The molecule has 0 atom stereocenters. The molecule has 0 unspecified atom stereocenters. The van der Waals surface area contributed by atoms with Crippen molar-refractivity contribution in [2.24, 2.45) is 0 Å². The second-order valence-corrected chi connectivity index (χ2v) is 3.25. The van der Waals surface area contributed by atoms with Gasteiger partial charge in [0.2, 0.25) is 0 Å². The molecule has 134 valence electrons. The molecule has 8 N–H and O–H groups in total. The molecule has 0 aromatic heterocycles. The Kier molecular flexibility index (Phi) is 11.2. The minimum atomic E-state index is -3.75. The summed E-state index contributed by atoms with van der Waals surface area (Å²) in [7, 11) is 0. The molecule has 0 aromatic carbocycles. The van der Waals surface area contributed by atoms with E-state index in [0.717, 1.165) is 0 Å². The first-order valence-electron chi connectivity index (χ1n) is 4.72. The molecular weight excluding hydrogens is 427 g/mol. The summed E-state index contributed by atoms with van der Waals surface area (Å²) in [5, 5.41) is 64.7. The summed E-state index contributed by atoms with van der Waals surface area (Å²) in [4.78, 5) is 59.4. The van der Waals surface area contributed by atoms with E-state index in [0.29, 0.717) is 24.7 Å². The van der Waals surface area contributed by atoms with Crippen LogP contribution in [0.1, 0.15) is 0 Å². The summed E-state index contributed by atoms with van der Waals surface area (Å²) < 4.78 is 8.34. The van der Waals surface area contributed by atoms with Crippen LogP contribution in [-0.2, 0) is 56.3 Å². The molecule has 0 rings (SSSR count). The standard InChI is InChI=1S/2C4H4O7.O.Zr/c2*5-1(6)4(11,2(7)8)3(9)10;;/h2*11H,(H,5,6)(H,7,8)(H,9,10);;. The number of rotatable bonds is 6. The number of carboxylic acid groups (broad SMARTS) is 6. The van der Waals surface area contributed by atoms with Crippen LogP contribution in [0.5, 0.6) is 0 Å². The molecule has 0 radical (unpaired) electrons. The Morgan fingerprint density at radius 3 is 0.542 bits per heavy atom. The number of aliphatic hydroxyl groups is 2. The van der Waals surface area contributed by atoms with Crippen LogP contribution >= 0.6 is 0 Å². The molecule has 15 nitrogen and oxygen atoms in total. The predicted molar refractivity (Wildman–Crippen MR) is 56.4 cm³/mol. The van der Waals surface area contributed by atoms with E-state index in [1.165, 1.54) is 0 Å². The molecule has 24 heavy (non-hydrogen) atoms. The third-order valence-corrected chi connectivity index (χ3v) is 1.86. The van der Waals surface area contributed by atoms with Gasteiger partial charge in [0.15, 0.2) is 0 Å². The molecule has 0 aliphatic carbocycles. The van der Waals surface area contributed by atoms with Crippen LogP contribution in [0.25, 0.3) is 0 Å². The van der Waals surface area contributed by atoms with Gasteiger partial charge in [-0.15, -0.1) is 0 Å². The second kappa shape index (κ2) is 10.2. The first-order chi connectivity index (χ1) is 10.7. The van der Waals surface area contributed by atoms with Gasteiger partial charge in [-0.1, -0.05) is 0 Å². The summed E-state index contributed by atoms with van der Waals surface area (Å²) in [5.74, 6) is -14.0. The van der Waals surface area contributed by atoms with Gasteiger partial charge in [0, 0.05) is 0 Å². The van der Waals surface area contributed by atoms with Crippen molar-refractivity contribution in [2.45, 2.75) is 11.2 Å². The topological polar surface area (TPSA) is 281 Å². The van der Waals surface area contributed by atoms with Crippen LogP contribution in [0, 0.1) is 0 Å². The Morgan fingerprint density at radius 2 is 0.542 bits per heavy atom. The quantitative estimate of drug-likeness (QED) is 0.184. The molecule has 0 saturated carbocycles. The monoisotopic (exact) mass is 434 g/mol. The first-order valence-corrected chi connectivity index (χ1v) is 5.72. The molecule has 0 fully saturated rings. The van der Waals surface area contributed by atoms with E-state index in [9.17, 15) is 28.8 Å². The molecule has 0 saturated heterocycles. The van der Waals surface area contributed by atoms with Gasteiger partial charge in [0.1, 0.15) is 0 Å².